The maximum atomic E-state index is 11.6. The molecule has 1 aromatic rings. The molecule has 0 aliphatic carbocycles. The molecule has 0 aromatic carbocycles. The van der Waals surface area contributed by atoms with Gasteiger partial charge in [-0.05, 0) is 20.8 Å². The van der Waals surface area contributed by atoms with Crippen molar-refractivity contribution in [3.8, 4) is 5.75 Å². The SMILES string of the molecule is Cc1nn(C)c(C)c1OCC(=O)NC(C)CC(=O)O. The van der Waals surface area contributed by atoms with Gasteiger partial charge >= 0.3 is 5.97 Å². The quantitative estimate of drug-likeness (QED) is 0.779. The van der Waals surface area contributed by atoms with E-state index < -0.39 is 12.0 Å². The van der Waals surface area contributed by atoms with E-state index >= 15 is 0 Å². The van der Waals surface area contributed by atoms with E-state index in [0.717, 1.165) is 5.69 Å². The number of nitrogens with one attached hydrogen (secondary N) is 1. The minimum Gasteiger partial charge on any atom is -0.481 e. The smallest absolute Gasteiger partial charge is 0.305 e. The molecule has 7 heteroatoms. The number of carbonyl (C=O) groups is 2. The van der Waals surface area contributed by atoms with Crippen LogP contribution in [0, 0.1) is 13.8 Å². The summed E-state index contributed by atoms with van der Waals surface area (Å²) in [5, 5.41) is 15.3. The van der Waals surface area contributed by atoms with Crippen LogP contribution in [0.2, 0.25) is 0 Å². The summed E-state index contributed by atoms with van der Waals surface area (Å²) in [6.07, 6.45) is -0.114. The molecular weight excluding hydrogens is 250 g/mol. The van der Waals surface area contributed by atoms with Crippen LogP contribution in [-0.4, -0.2) is 39.4 Å². The molecule has 19 heavy (non-hydrogen) atoms. The summed E-state index contributed by atoms with van der Waals surface area (Å²) in [5.41, 5.74) is 1.55. The maximum Gasteiger partial charge on any atom is 0.305 e. The molecule has 1 amide bonds. The van der Waals surface area contributed by atoms with Gasteiger partial charge in [0.2, 0.25) is 0 Å². The number of amides is 1. The summed E-state index contributed by atoms with van der Waals surface area (Å²) >= 11 is 0. The lowest BCUT2D eigenvalue weighted by atomic mass is 10.2. The van der Waals surface area contributed by atoms with E-state index in [-0.39, 0.29) is 18.9 Å². The molecule has 1 rings (SSSR count). The highest BCUT2D eigenvalue weighted by molar-refractivity contribution is 5.78. The van der Waals surface area contributed by atoms with E-state index in [4.69, 9.17) is 9.84 Å². The Morgan fingerprint density at radius 2 is 2.11 bits per heavy atom. The highest BCUT2D eigenvalue weighted by Crippen LogP contribution is 2.20. The first kappa shape index (κ1) is 15.0. The van der Waals surface area contributed by atoms with Gasteiger partial charge in [0.05, 0.1) is 12.1 Å². The number of ether oxygens (including phenoxy) is 1. The highest BCUT2D eigenvalue weighted by Gasteiger charge is 2.14. The van der Waals surface area contributed by atoms with Crippen LogP contribution >= 0.6 is 0 Å². The molecule has 7 nitrogen and oxygen atoms in total. The van der Waals surface area contributed by atoms with Crippen LogP contribution in [0.1, 0.15) is 24.7 Å². The molecule has 0 aliphatic heterocycles. The predicted molar refractivity (Wildman–Crippen MR) is 68.0 cm³/mol. The van der Waals surface area contributed by atoms with E-state index in [0.29, 0.717) is 11.4 Å². The Kier molecular flexibility index (Phi) is 4.91. The monoisotopic (exact) mass is 269 g/mol. The van der Waals surface area contributed by atoms with Gasteiger partial charge in [-0.1, -0.05) is 0 Å². The van der Waals surface area contributed by atoms with E-state index in [2.05, 4.69) is 10.4 Å². The molecule has 0 aliphatic rings. The topological polar surface area (TPSA) is 93.5 Å². The van der Waals surface area contributed by atoms with Crippen molar-refractivity contribution < 1.29 is 19.4 Å². The number of hydrogen-bond donors (Lipinski definition) is 2. The molecule has 106 valence electrons. The first-order chi connectivity index (χ1) is 8.81. The van der Waals surface area contributed by atoms with Gasteiger partial charge in [0.15, 0.2) is 12.4 Å². The molecule has 2 N–H and O–H groups in total. The van der Waals surface area contributed by atoms with Crippen molar-refractivity contribution in [3.05, 3.63) is 11.4 Å². The number of carboxylic acid groups (broad SMARTS) is 1. The molecule has 0 radical (unpaired) electrons. The second-order valence-corrected chi connectivity index (χ2v) is 4.48. The summed E-state index contributed by atoms with van der Waals surface area (Å²) in [7, 11) is 1.80. The zero-order valence-electron chi connectivity index (χ0n) is 11.6. The number of aromatic nitrogens is 2. The third kappa shape index (κ3) is 4.27. The second kappa shape index (κ2) is 6.21. The molecule has 0 saturated carbocycles. The largest absolute Gasteiger partial charge is 0.481 e. The Bertz CT molecular complexity index is 482. The number of nitrogens with zero attached hydrogens (tertiary/aromatic N) is 2. The number of hydrogen-bond acceptors (Lipinski definition) is 4. The van der Waals surface area contributed by atoms with E-state index in [9.17, 15) is 9.59 Å². The van der Waals surface area contributed by atoms with Gasteiger partial charge in [-0.3, -0.25) is 14.3 Å². The fraction of sp³-hybridized carbons (Fsp3) is 0.583. The normalized spacial score (nSPS) is 12.0. The molecule has 0 spiro atoms. The third-order valence-corrected chi connectivity index (χ3v) is 2.68. The number of aliphatic carboxylic acids is 1. The standard InChI is InChI=1S/C12H19N3O4/c1-7(5-11(17)18)13-10(16)6-19-12-8(2)14-15(4)9(12)3/h7H,5-6H2,1-4H3,(H,13,16)(H,17,18). The Morgan fingerprint density at radius 3 is 2.58 bits per heavy atom. The molecule has 0 fully saturated rings. The van der Waals surface area contributed by atoms with Crippen LogP contribution in [0.4, 0.5) is 0 Å². The Morgan fingerprint density at radius 1 is 1.47 bits per heavy atom. The van der Waals surface area contributed by atoms with Gasteiger partial charge in [0.1, 0.15) is 5.69 Å². The van der Waals surface area contributed by atoms with Crippen molar-refractivity contribution in [2.24, 2.45) is 7.05 Å². The van der Waals surface area contributed by atoms with Gasteiger partial charge in [0.25, 0.3) is 5.91 Å². The van der Waals surface area contributed by atoms with Crippen LogP contribution in [-0.2, 0) is 16.6 Å². The first-order valence-electron chi connectivity index (χ1n) is 5.95. The van der Waals surface area contributed by atoms with Gasteiger partial charge in [-0.15, -0.1) is 0 Å². The second-order valence-electron chi connectivity index (χ2n) is 4.48. The average molecular weight is 269 g/mol. The van der Waals surface area contributed by atoms with Crippen molar-refractivity contribution >= 4 is 11.9 Å². The Balaban J connectivity index is 2.48. The van der Waals surface area contributed by atoms with Crippen LogP contribution in [0.5, 0.6) is 5.75 Å². The van der Waals surface area contributed by atoms with Gasteiger partial charge in [0, 0.05) is 13.1 Å². The molecule has 1 unspecified atom stereocenters. The fourth-order valence-electron chi connectivity index (χ4n) is 1.73. The lowest BCUT2D eigenvalue weighted by Crippen LogP contribution is -2.37. The molecule has 1 heterocycles. The van der Waals surface area contributed by atoms with Crippen molar-refractivity contribution in [2.75, 3.05) is 6.61 Å². The lowest BCUT2D eigenvalue weighted by Gasteiger charge is -2.12. The first-order valence-corrected chi connectivity index (χ1v) is 5.95. The van der Waals surface area contributed by atoms with Crippen LogP contribution in [0.3, 0.4) is 0 Å². The van der Waals surface area contributed by atoms with Crippen molar-refractivity contribution in [3.63, 3.8) is 0 Å². The minimum absolute atomic E-state index is 0.114. The summed E-state index contributed by atoms with van der Waals surface area (Å²) in [6.45, 7) is 5.12. The van der Waals surface area contributed by atoms with Crippen molar-refractivity contribution in [2.45, 2.75) is 33.2 Å². The zero-order chi connectivity index (χ0) is 14.6. The van der Waals surface area contributed by atoms with E-state index in [1.54, 1.807) is 25.6 Å². The molecule has 0 bridgehead atoms. The van der Waals surface area contributed by atoms with Gasteiger partial charge in [-0.2, -0.15) is 5.10 Å². The van der Waals surface area contributed by atoms with Crippen LogP contribution in [0.15, 0.2) is 0 Å². The highest BCUT2D eigenvalue weighted by atomic mass is 16.5. The van der Waals surface area contributed by atoms with Gasteiger partial charge < -0.3 is 15.2 Å². The van der Waals surface area contributed by atoms with Crippen molar-refractivity contribution in [1.29, 1.82) is 0 Å². The lowest BCUT2D eigenvalue weighted by molar-refractivity contribution is -0.137. The molecule has 1 atom stereocenters. The number of rotatable bonds is 6. The number of aryl methyl sites for hydroxylation is 2. The summed E-state index contributed by atoms with van der Waals surface area (Å²) in [5.74, 6) is -0.715. The van der Waals surface area contributed by atoms with E-state index in [1.807, 2.05) is 6.92 Å². The fourth-order valence-corrected chi connectivity index (χ4v) is 1.73. The summed E-state index contributed by atoms with van der Waals surface area (Å²) in [4.78, 5) is 22.1. The molecule has 0 saturated heterocycles. The van der Waals surface area contributed by atoms with Gasteiger partial charge in [-0.25, -0.2) is 0 Å². The van der Waals surface area contributed by atoms with Crippen molar-refractivity contribution in [1.82, 2.24) is 15.1 Å². The van der Waals surface area contributed by atoms with Crippen LogP contribution < -0.4 is 10.1 Å². The molecular formula is C12H19N3O4. The number of carbonyl (C=O) groups excluding carboxylic acids is 1. The maximum absolute atomic E-state index is 11.6. The summed E-state index contributed by atoms with van der Waals surface area (Å²) < 4.78 is 7.09. The Labute approximate surface area is 111 Å². The zero-order valence-corrected chi connectivity index (χ0v) is 11.6. The van der Waals surface area contributed by atoms with E-state index in [1.165, 1.54) is 0 Å². The summed E-state index contributed by atoms with van der Waals surface area (Å²) in [6, 6.07) is -0.426. The minimum atomic E-state index is -0.951. The Hall–Kier alpha value is -2.05. The van der Waals surface area contributed by atoms with Crippen LogP contribution in [0.25, 0.3) is 0 Å². The third-order valence-electron chi connectivity index (χ3n) is 2.68. The average Bonchev–Trinajstić information content (AvgIpc) is 2.49. The molecule has 1 aromatic heterocycles. The number of carboxylic acids is 1. The predicted octanol–water partition coefficient (Wildman–Crippen LogP) is 0.395.